The summed E-state index contributed by atoms with van der Waals surface area (Å²) in [6.07, 6.45) is 3.86. The first-order valence-corrected chi connectivity index (χ1v) is 7.89. The number of carbonyl (C=O) groups excluding carboxylic acids is 1. The Hall–Kier alpha value is -1.24. The van der Waals surface area contributed by atoms with Crippen LogP contribution >= 0.6 is 22.6 Å². The van der Waals surface area contributed by atoms with Gasteiger partial charge in [0, 0.05) is 15.4 Å². The lowest BCUT2D eigenvalue weighted by atomic mass is 9.80. The number of hydrogen-bond donors (Lipinski definition) is 1. The average molecular weight is 382 g/mol. The smallest absolute Gasteiger partial charge is 0.190 e. The minimum Gasteiger partial charge on any atom is -0.510 e. The zero-order valence-electron chi connectivity index (χ0n) is 10.9. The molecule has 4 nitrogen and oxygen atoms in total. The molecule has 2 aliphatic carbocycles. The molecule has 0 amide bonds. The second-order valence-corrected chi connectivity index (χ2v) is 6.52. The predicted molar refractivity (Wildman–Crippen MR) is 83.8 cm³/mol. The Morgan fingerprint density at radius 2 is 1.70 bits per heavy atom. The molecule has 2 atom stereocenters. The number of fused-ring (bicyclic) bond motifs is 1. The van der Waals surface area contributed by atoms with Crippen LogP contribution in [0.3, 0.4) is 0 Å². The molecule has 0 bridgehead atoms. The summed E-state index contributed by atoms with van der Waals surface area (Å²) in [5.41, 5.74) is 0.855. The monoisotopic (exact) mass is 382 g/mol. The molecular formula is C15H15IN2O2. The Morgan fingerprint density at radius 3 is 2.35 bits per heavy atom. The molecule has 3 rings (SSSR count). The van der Waals surface area contributed by atoms with E-state index in [0.29, 0.717) is 5.69 Å². The molecule has 1 N–H and O–H groups in total. The summed E-state index contributed by atoms with van der Waals surface area (Å²) < 4.78 is 1.12. The van der Waals surface area contributed by atoms with Crippen LogP contribution < -0.4 is 0 Å². The fourth-order valence-corrected chi connectivity index (χ4v) is 3.33. The summed E-state index contributed by atoms with van der Waals surface area (Å²) in [4.78, 5) is 12.3. The molecule has 2 aliphatic rings. The summed E-state index contributed by atoms with van der Waals surface area (Å²) in [7, 11) is 0. The maximum absolute atomic E-state index is 12.3. The Balaban J connectivity index is 1.84. The SMILES string of the molecule is O=C1C(N=Nc2ccc(I)cc2)=C(O)C2CCCCC12. The van der Waals surface area contributed by atoms with Gasteiger partial charge in [0.2, 0.25) is 0 Å². The van der Waals surface area contributed by atoms with Crippen molar-refractivity contribution in [1.82, 2.24) is 0 Å². The van der Waals surface area contributed by atoms with Crippen LogP contribution in [-0.2, 0) is 4.79 Å². The van der Waals surface area contributed by atoms with E-state index in [9.17, 15) is 9.90 Å². The van der Waals surface area contributed by atoms with Crippen LogP contribution in [0.4, 0.5) is 5.69 Å². The van der Waals surface area contributed by atoms with Crippen LogP contribution in [0.5, 0.6) is 0 Å². The summed E-state index contributed by atoms with van der Waals surface area (Å²) in [6.45, 7) is 0. The quantitative estimate of drug-likeness (QED) is 0.603. The minimum absolute atomic E-state index is 0.0260. The van der Waals surface area contributed by atoms with Gasteiger partial charge in [0.1, 0.15) is 5.76 Å². The maximum atomic E-state index is 12.3. The van der Waals surface area contributed by atoms with Crippen molar-refractivity contribution in [3.05, 3.63) is 39.3 Å². The largest absolute Gasteiger partial charge is 0.510 e. The lowest BCUT2D eigenvalue weighted by molar-refractivity contribution is -0.120. The zero-order valence-corrected chi connectivity index (χ0v) is 13.1. The van der Waals surface area contributed by atoms with Gasteiger partial charge in [-0.3, -0.25) is 4.79 Å². The predicted octanol–water partition coefficient (Wildman–Crippen LogP) is 4.53. The van der Waals surface area contributed by atoms with Crippen molar-refractivity contribution < 1.29 is 9.90 Å². The Bertz CT molecular complexity index is 592. The first-order valence-electron chi connectivity index (χ1n) is 6.81. The van der Waals surface area contributed by atoms with Crippen molar-refractivity contribution in [3.63, 3.8) is 0 Å². The number of aliphatic hydroxyl groups is 1. The van der Waals surface area contributed by atoms with E-state index in [1.165, 1.54) is 0 Å². The number of allylic oxidation sites excluding steroid dienone is 2. The molecule has 0 spiro atoms. The number of carbonyl (C=O) groups is 1. The van der Waals surface area contributed by atoms with E-state index in [0.717, 1.165) is 29.3 Å². The highest BCUT2D eigenvalue weighted by Crippen LogP contribution is 2.43. The molecule has 1 aromatic rings. The number of ketones is 1. The lowest BCUT2D eigenvalue weighted by Gasteiger charge is -2.23. The lowest BCUT2D eigenvalue weighted by Crippen LogP contribution is -2.21. The topological polar surface area (TPSA) is 62.0 Å². The van der Waals surface area contributed by atoms with E-state index >= 15 is 0 Å². The third kappa shape index (κ3) is 2.51. The van der Waals surface area contributed by atoms with Crippen molar-refractivity contribution >= 4 is 34.1 Å². The number of Topliss-reactive ketones (excluding diaryl/α,β-unsaturated/α-hetero) is 1. The molecule has 5 heteroatoms. The van der Waals surface area contributed by atoms with Crippen molar-refractivity contribution in [2.45, 2.75) is 25.7 Å². The number of azo groups is 1. The highest BCUT2D eigenvalue weighted by atomic mass is 127. The van der Waals surface area contributed by atoms with Gasteiger partial charge in [-0.1, -0.05) is 12.8 Å². The minimum atomic E-state index is -0.0746. The zero-order chi connectivity index (χ0) is 14.1. The Kier molecular flexibility index (Phi) is 3.87. The van der Waals surface area contributed by atoms with E-state index in [1.54, 1.807) is 0 Å². The van der Waals surface area contributed by atoms with Crippen LogP contribution in [0.1, 0.15) is 25.7 Å². The molecular weight excluding hydrogens is 367 g/mol. The third-order valence-electron chi connectivity index (χ3n) is 4.02. The number of rotatable bonds is 2. The Morgan fingerprint density at radius 1 is 1.05 bits per heavy atom. The van der Waals surface area contributed by atoms with Gasteiger partial charge in [-0.15, -0.1) is 5.11 Å². The number of hydrogen-bond acceptors (Lipinski definition) is 4. The van der Waals surface area contributed by atoms with Crippen LogP contribution in [-0.4, -0.2) is 10.9 Å². The van der Waals surface area contributed by atoms with Gasteiger partial charge in [-0.2, -0.15) is 5.11 Å². The van der Waals surface area contributed by atoms with Crippen molar-refractivity contribution in [3.8, 4) is 0 Å². The number of benzene rings is 1. The molecule has 0 radical (unpaired) electrons. The van der Waals surface area contributed by atoms with Crippen LogP contribution in [0.25, 0.3) is 0 Å². The normalized spacial score (nSPS) is 26.4. The number of aliphatic hydroxyl groups excluding tert-OH is 1. The maximum Gasteiger partial charge on any atom is 0.190 e. The molecule has 1 aromatic carbocycles. The van der Waals surface area contributed by atoms with Gasteiger partial charge >= 0.3 is 0 Å². The Labute approximate surface area is 131 Å². The summed E-state index contributed by atoms with van der Waals surface area (Å²) in [5.74, 6) is 0.00627. The van der Waals surface area contributed by atoms with E-state index in [2.05, 4.69) is 32.8 Å². The number of nitrogens with zero attached hydrogens (tertiary/aromatic N) is 2. The fourth-order valence-electron chi connectivity index (χ4n) is 2.97. The highest BCUT2D eigenvalue weighted by Gasteiger charge is 2.43. The van der Waals surface area contributed by atoms with Gasteiger partial charge in [0.05, 0.1) is 5.69 Å². The van der Waals surface area contributed by atoms with Crippen molar-refractivity contribution in [1.29, 1.82) is 0 Å². The van der Waals surface area contributed by atoms with E-state index < -0.39 is 0 Å². The summed E-state index contributed by atoms with van der Waals surface area (Å²) in [6, 6.07) is 7.55. The number of halogens is 1. The molecule has 104 valence electrons. The van der Waals surface area contributed by atoms with Crippen LogP contribution in [0.15, 0.2) is 46.0 Å². The van der Waals surface area contributed by atoms with E-state index in [-0.39, 0.29) is 29.1 Å². The second-order valence-electron chi connectivity index (χ2n) is 5.27. The van der Waals surface area contributed by atoms with Crippen molar-refractivity contribution in [2.24, 2.45) is 22.1 Å². The molecule has 20 heavy (non-hydrogen) atoms. The third-order valence-corrected chi connectivity index (χ3v) is 4.74. The fraction of sp³-hybridized carbons (Fsp3) is 0.400. The van der Waals surface area contributed by atoms with Crippen molar-refractivity contribution in [2.75, 3.05) is 0 Å². The van der Waals surface area contributed by atoms with Gasteiger partial charge in [-0.25, -0.2) is 0 Å². The van der Waals surface area contributed by atoms with Crippen LogP contribution in [0.2, 0.25) is 0 Å². The summed E-state index contributed by atoms with van der Waals surface area (Å²) in [5, 5.41) is 18.3. The molecule has 1 saturated carbocycles. The standard InChI is InChI=1S/C15H15IN2O2/c16-9-5-7-10(8-6-9)17-18-13-14(19)11-3-1-2-4-12(11)15(13)20/h5-8,11-12,19H,1-4H2. The van der Waals surface area contributed by atoms with E-state index in [1.807, 2.05) is 24.3 Å². The molecule has 2 unspecified atom stereocenters. The van der Waals surface area contributed by atoms with Crippen LogP contribution in [0, 0.1) is 15.4 Å². The molecule has 0 aliphatic heterocycles. The van der Waals surface area contributed by atoms with Gasteiger partial charge in [0.15, 0.2) is 11.5 Å². The second kappa shape index (κ2) is 5.63. The summed E-state index contributed by atoms with van der Waals surface area (Å²) >= 11 is 2.22. The van der Waals surface area contributed by atoms with Gasteiger partial charge in [-0.05, 0) is 59.7 Å². The average Bonchev–Trinajstić information content (AvgIpc) is 2.71. The highest BCUT2D eigenvalue weighted by molar-refractivity contribution is 14.1. The van der Waals surface area contributed by atoms with Gasteiger partial charge in [0.25, 0.3) is 0 Å². The first-order chi connectivity index (χ1) is 9.66. The molecule has 0 heterocycles. The van der Waals surface area contributed by atoms with E-state index in [4.69, 9.17) is 0 Å². The molecule has 1 fully saturated rings. The van der Waals surface area contributed by atoms with Gasteiger partial charge < -0.3 is 5.11 Å². The first kappa shape index (κ1) is 13.7. The molecule has 0 aromatic heterocycles. The molecule has 0 saturated heterocycles.